The molecule has 0 aromatic carbocycles. The number of anilines is 1. The zero-order valence-electron chi connectivity index (χ0n) is 11.6. The smallest absolute Gasteiger partial charge is 0.348 e. The normalized spacial score (nSPS) is 19.2. The van der Waals surface area contributed by atoms with E-state index in [1.807, 2.05) is 0 Å². The maximum Gasteiger partial charge on any atom is 0.348 e. The standard InChI is InChI=1S/C12H18ClN5O2/c1-3-17-6-4-5-9(17)7-16(2)12-10(18(19)20)11(13)14-8-15-12/h8-9H,3-7H2,1-2H3. The van der Waals surface area contributed by atoms with E-state index in [4.69, 9.17) is 11.6 Å². The first-order chi connectivity index (χ1) is 9.54. The van der Waals surface area contributed by atoms with Crippen LogP contribution in [-0.2, 0) is 0 Å². The minimum Gasteiger partial charge on any atom is -0.352 e. The lowest BCUT2D eigenvalue weighted by atomic mass is 10.2. The van der Waals surface area contributed by atoms with Crippen LogP contribution in [0.3, 0.4) is 0 Å². The quantitative estimate of drug-likeness (QED) is 0.470. The Hall–Kier alpha value is -1.47. The second-order valence-corrected chi connectivity index (χ2v) is 5.26. The Bertz CT molecular complexity index is 499. The first-order valence-corrected chi connectivity index (χ1v) is 7.02. The molecule has 1 saturated heterocycles. The molecule has 0 aliphatic carbocycles. The molecule has 1 aliphatic rings. The molecular weight excluding hydrogens is 282 g/mol. The van der Waals surface area contributed by atoms with Crippen molar-refractivity contribution in [1.82, 2.24) is 14.9 Å². The van der Waals surface area contributed by atoms with Gasteiger partial charge in [0.2, 0.25) is 11.0 Å². The number of nitrogens with zero attached hydrogens (tertiary/aromatic N) is 5. The molecule has 2 rings (SSSR count). The molecule has 7 nitrogen and oxygen atoms in total. The highest BCUT2D eigenvalue weighted by molar-refractivity contribution is 6.31. The molecule has 0 amide bonds. The number of hydrogen-bond donors (Lipinski definition) is 0. The van der Waals surface area contributed by atoms with E-state index < -0.39 is 4.92 Å². The first kappa shape index (κ1) is 14.9. The van der Waals surface area contributed by atoms with E-state index >= 15 is 0 Å². The monoisotopic (exact) mass is 299 g/mol. The van der Waals surface area contributed by atoms with Gasteiger partial charge in [0.1, 0.15) is 6.33 Å². The maximum atomic E-state index is 11.1. The number of rotatable bonds is 5. The van der Waals surface area contributed by atoms with E-state index in [1.54, 1.807) is 11.9 Å². The van der Waals surface area contributed by atoms with Crippen molar-refractivity contribution in [3.05, 3.63) is 21.6 Å². The van der Waals surface area contributed by atoms with Crippen molar-refractivity contribution < 1.29 is 4.92 Å². The van der Waals surface area contributed by atoms with Gasteiger partial charge in [-0.3, -0.25) is 15.0 Å². The van der Waals surface area contributed by atoms with E-state index in [0.717, 1.165) is 19.5 Å². The van der Waals surface area contributed by atoms with Crippen molar-refractivity contribution >= 4 is 23.1 Å². The van der Waals surface area contributed by atoms with Crippen LogP contribution in [0.25, 0.3) is 0 Å². The number of nitro groups is 1. The molecule has 0 radical (unpaired) electrons. The van der Waals surface area contributed by atoms with Crippen LogP contribution < -0.4 is 4.90 Å². The predicted octanol–water partition coefficient (Wildman–Crippen LogP) is 1.96. The SMILES string of the molecule is CCN1CCCC1CN(C)c1ncnc(Cl)c1[N+](=O)[O-]. The van der Waals surface area contributed by atoms with Crippen LogP contribution >= 0.6 is 11.6 Å². The zero-order valence-corrected chi connectivity index (χ0v) is 12.4. The molecule has 0 spiro atoms. The predicted molar refractivity (Wildman–Crippen MR) is 77.2 cm³/mol. The summed E-state index contributed by atoms with van der Waals surface area (Å²) in [4.78, 5) is 22.5. The number of likely N-dealkylation sites (N-methyl/N-ethyl adjacent to an activating group) is 2. The van der Waals surface area contributed by atoms with Crippen LogP contribution in [0.1, 0.15) is 19.8 Å². The Morgan fingerprint density at radius 2 is 2.35 bits per heavy atom. The summed E-state index contributed by atoms with van der Waals surface area (Å²) in [5.41, 5.74) is -0.224. The molecule has 0 N–H and O–H groups in total. The summed E-state index contributed by atoms with van der Waals surface area (Å²) in [5, 5.41) is 11.0. The minimum absolute atomic E-state index is 0.120. The Morgan fingerprint density at radius 1 is 1.60 bits per heavy atom. The van der Waals surface area contributed by atoms with E-state index in [9.17, 15) is 10.1 Å². The van der Waals surface area contributed by atoms with Crippen molar-refractivity contribution in [2.45, 2.75) is 25.8 Å². The number of halogens is 1. The van der Waals surface area contributed by atoms with Gasteiger partial charge in [0, 0.05) is 19.6 Å². The zero-order chi connectivity index (χ0) is 14.7. The molecular formula is C12H18ClN5O2. The van der Waals surface area contributed by atoms with Gasteiger partial charge >= 0.3 is 5.69 Å². The summed E-state index contributed by atoms with van der Waals surface area (Å²) in [7, 11) is 1.80. The number of hydrogen-bond acceptors (Lipinski definition) is 6. The molecule has 0 saturated carbocycles. The van der Waals surface area contributed by atoms with Crippen molar-refractivity contribution in [2.24, 2.45) is 0 Å². The van der Waals surface area contributed by atoms with Gasteiger partial charge < -0.3 is 4.90 Å². The largest absolute Gasteiger partial charge is 0.352 e. The van der Waals surface area contributed by atoms with Gasteiger partial charge in [-0.2, -0.15) is 0 Å². The Labute approximate surface area is 122 Å². The summed E-state index contributed by atoms with van der Waals surface area (Å²) in [6.45, 7) is 4.90. The van der Waals surface area contributed by atoms with E-state index in [1.165, 1.54) is 12.7 Å². The maximum absolute atomic E-state index is 11.1. The molecule has 110 valence electrons. The fourth-order valence-electron chi connectivity index (χ4n) is 2.71. The third-order valence-electron chi connectivity index (χ3n) is 3.69. The molecule has 1 aliphatic heterocycles. The van der Waals surface area contributed by atoms with Crippen molar-refractivity contribution in [2.75, 3.05) is 31.6 Å². The van der Waals surface area contributed by atoms with Crippen LogP contribution in [-0.4, -0.2) is 52.5 Å². The van der Waals surface area contributed by atoms with Gasteiger partial charge in [0.15, 0.2) is 0 Å². The molecule has 2 heterocycles. The molecule has 8 heteroatoms. The summed E-state index contributed by atoms with van der Waals surface area (Å²) in [6, 6.07) is 0.401. The average Bonchev–Trinajstić information content (AvgIpc) is 2.85. The van der Waals surface area contributed by atoms with Gasteiger partial charge in [0.05, 0.1) is 4.92 Å². The lowest BCUT2D eigenvalue weighted by Crippen LogP contribution is -2.39. The highest BCUT2D eigenvalue weighted by Crippen LogP contribution is 2.31. The molecule has 1 aromatic heterocycles. The van der Waals surface area contributed by atoms with Crippen molar-refractivity contribution in [1.29, 1.82) is 0 Å². The summed E-state index contributed by atoms with van der Waals surface area (Å²) < 4.78 is 0. The molecule has 1 atom stereocenters. The van der Waals surface area contributed by atoms with Gasteiger partial charge in [0.25, 0.3) is 0 Å². The molecule has 1 fully saturated rings. The van der Waals surface area contributed by atoms with Gasteiger partial charge in [-0.05, 0) is 25.9 Å². The van der Waals surface area contributed by atoms with Crippen LogP contribution in [0.5, 0.6) is 0 Å². The average molecular weight is 300 g/mol. The Morgan fingerprint density at radius 3 is 3.00 bits per heavy atom. The minimum atomic E-state index is -0.527. The van der Waals surface area contributed by atoms with Gasteiger partial charge in [-0.1, -0.05) is 18.5 Å². The summed E-state index contributed by atoms with van der Waals surface area (Å²) in [6.07, 6.45) is 3.52. The number of aromatic nitrogens is 2. The van der Waals surface area contributed by atoms with Crippen molar-refractivity contribution in [3.63, 3.8) is 0 Å². The number of likely N-dealkylation sites (tertiary alicyclic amines) is 1. The second kappa shape index (κ2) is 6.32. The Kier molecular flexibility index (Phi) is 4.72. The highest BCUT2D eigenvalue weighted by Gasteiger charge is 2.29. The van der Waals surface area contributed by atoms with Crippen LogP contribution in [0.2, 0.25) is 5.15 Å². The first-order valence-electron chi connectivity index (χ1n) is 6.64. The van der Waals surface area contributed by atoms with Crippen LogP contribution in [0.15, 0.2) is 6.33 Å². The lowest BCUT2D eigenvalue weighted by Gasteiger charge is -2.28. The van der Waals surface area contributed by atoms with Crippen LogP contribution in [0.4, 0.5) is 11.5 Å². The Balaban J connectivity index is 2.19. The molecule has 20 heavy (non-hydrogen) atoms. The van der Waals surface area contributed by atoms with Crippen LogP contribution in [0, 0.1) is 10.1 Å². The third kappa shape index (κ3) is 2.99. The van der Waals surface area contributed by atoms with Crippen molar-refractivity contribution in [3.8, 4) is 0 Å². The van der Waals surface area contributed by atoms with Gasteiger partial charge in [-0.15, -0.1) is 0 Å². The molecule has 1 unspecified atom stereocenters. The molecule has 1 aromatic rings. The fraction of sp³-hybridized carbons (Fsp3) is 0.667. The topological polar surface area (TPSA) is 75.4 Å². The summed E-state index contributed by atoms with van der Waals surface area (Å²) >= 11 is 5.81. The third-order valence-corrected chi connectivity index (χ3v) is 3.97. The highest BCUT2D eigenvalue weighted by atomic mass is 35.5. The summed E-state index contributed by atoms with van der Waals surface area (Å²) in [5.74, 6) is 0.276. The van der Waals surface area contributed by atoms with E-state index in [0.29, 0.717) is 12.6 Å². The molecule has 0 bridgehead atoms. The van der Waals surface area contributed by atoms with E-state index in [2.05, 4.69) is 21.8 Å². The fourth-order valence-corrected chi connectivity index (χ4v) is 2.90. The van der Waals surface area contributed by atoms with E-state index in [-0.39, 0.29) is 16.7 Å². The lowest BCUT2D eigenvalue weighted by molar-refractivity contribution is -0.384. The van der Waals surface area contributed by atoms with Gasteiger partial charge in [-0.25, -0.2) is 9.97 Å². The second-order valence-electron chi connectivity index (χ2n) is 4.90.